The zero-order valence-electron chi connectivity index (χ0n) is 12.8. The Morgan fingerprint density at radius 3 is 2.67 bits per heavy atom. The van der Waals surface area contributed by atoms with Crippen LogP contribution in [-0.4, -0.2) is 45.6 Å². The minimum Gasteiger partial charge on any atom is -0.452 e. The Bertz CT molecular complexity index is 542. The van der Waals surface area contributed by atoms with Crippen molar-refractivity contribution in [1.82, 2.24) is 9.62 Å². The van der Waals surface area contributed by atoms with Crippen LogP contribution in [0.25, 0.3) is 0 Å². The van der Waals surface area contributed by atoms with Crippen LogP contribution in [-0.2, 0) is 21.3 Å². The van der Waals surface area contributed by atoms with Crippen molar-refractivity contribution < 1.29 is 17.6 Å². The number of furan rings is 1. The summed E-state index contributed by atoms with van der Waals surface area (Å²) in [5.74, 6) is 0.581. The van der Waals surface area contributed by atoms with Gasteiger partial charge in [0.05, 0.1) is 13.2 Å². The van der Waals surface area contributed by atoms with E-state index in [4.69, 9.17) is 9.15 Å². The standard InChI is InChI=1S/C13H23BrN2O4S/c1-5-15-9-11-8-12(13(14)20-11)21(17,18)16(10(2)3)6-7-19-4/h8,10,15H,5-7,9H2,1-4H3. The summed E-state index contributed by atoms with van der Waals surface area (Å²) in [6.45, 7) is 7.56. The molecule has 0 saturated carbocycles. The van der Waals surface area contributed by atoms with Crippen molar-refractivity contribution in [2.75, 3.05) is 26.8 Å². The number of halogens is 1. The predicted molar refractivity (Wildman–Crippen MR) is 84.7 cm³/mol. The topological polar surface area (TPSA) is 71.8 Å². The first-order chi connectivity index (χ1) is 9.84. The highest BCUT2D eigenvalue weighted by atomic mass is 79.9. The Balaban J connectivity index is 3.07. The van der Waals surface area contributed by atoms with Crippen LogP contribution in [0.5, 0.6) is 0 Å². The van der Waals surface area contributed by atoms with Crippen molar-refractivity contribution in [3.8, 4) is 0 Å². The van der Waals surface area contributed by atoms with Gasteiger partial charge in [0.15, 0.2) is 4.67 Å². The summed E-state index contributed by atoms with van der Waals surface area (Å²) in [5, 5.41) is 3.10. The second-order valence-corrected chi connectivity index (χ2v) is 7.41. The molecule has 0 aliphatic heterocycles. The molecule has 0 atom stereocenters. The summed E-state index contributed by atoms with van der Waals surface area (Å²) in [7, 11) is -2.07. The SMILES string of the molecule is CCNCc1cc(S(=O)(=O)N(CCOC)C(C)C)c(Br)o1. The molecule has 8 heteroatoms. The quantitative estimate of drug-likeness (QED) is 0.708. The fourth-order valence-electron chi connectivity index (χ4n) is 1.87. The van der Waals surface area contributed by atoms with Gasteiger partial charge < -0.3 is 14.5 Å². The lowest BCUT2D eigenvalue weighted by molar-refractivity contribution is 0.171. The molecule has 0 aliphatic rings. The van der Waals surface area contributed by atoms with E-state index in [0.29, 0.717) is 25.5 Å². The maximum Gasteiger partial charge on any atom is 0.247 e. The normalized spacial score (nSPS) is 12.5. The van der Waals surface area contributed by atoms with E-state index < -0.39 is 10.0 Å². The lowest BCUT2D eigenvalue weighted by Crippen LogP contribution is -2.39. The molecule has 0 spiro atoms. The number of sulfonamides is 1. The lowest BCUT2D eigenvalue weighted by atomic mass is 10.4. The van der Waals surface area contributed by atoms with Crippen LogP contribution < -0.4 is 5.32 Å². The van der Waals surface area contributed by atoms with Gasteiger partial charge in [-0.2, -0.15) is 4.31 Å². The molecule has 1 rings (SSSR count). The van der Waals surface area contributed by atoms with E-state index in [1.54, 1.807) is 13.2 Å². The zero-order valence-corrected chi connectivity index (χ0v) is 15.3. The van der Waals surface area contributed by atoms with Crippen LogP contribution in [0.15, 0.2) is 20.0 Å². The fourth-order valence-corrected chi connectivity index (χ4v) is 4.46. The number of hydrogen-bond donors (Lipinski definition) is 1. The van der Waals surface area contributed by atoms with Crippen LogP contribution in [0.4, 0.5) is 0 Å². The minimum absolute atomic E-state index is 0.153. The van der Waals surface area contributed by atoms with Crippen molar-refractivity contribution >= 4 is 26.0 Å². The number of methoxy groups -OCH3 is 1. The van der Waals surface area contributed by atoms with E-state index in [0.717, 1.165) is 6.54 Å². The van der Waals surface area contributed by atoms with Crippen LogP contribution in [0.1, 0.15) is 26.5 Å². The van der Waals surface area contributed by atoms with Crippen molar-refractivity contribution in [2.45, 2.75) is 38.3 Å². The van der Waals surface area contributed by atoms with Crippen molar-refractivity contribution in [2.24, 2.45) is 0 Å². The number of rotatable bonds is 9. The van der Waals surface area contributed by atoms with Gasteiger partial charge in [0, 0.05) is 25.8 Å². The Hall–Kier alpha value is -0.410. The molecule has 6 nitrogen and oxygen atoms in total. The van der Waals surface area contributed by atoms with Crippen molar-refractivity contribution in [3.63, 3.8) is 0 Å². The van der Waals surface area contributed by atoms with Gasteiger partial charge in [-0.25, -0.2) is 8.42 Å². The molecule has 0 aliphatic carbocycles. The lowest BCUT2D eigenvalue weighted by Gasteiger charge is -2.24. The van der Waals surface area contributed by atoms with Gasteiger partial charge in [-0.05, 0) is 36.3 Å². The molecule has 1 heterocycles. The maximum absolute atomic E-state index is 12.7. The number of nitrogens with one attached hydrogen (secondary N) is 1. The fraction of sp³-hybridized carbons (Fsp3) is 0.692. The van der Waals surface area contributed by atoms with Crippen molar-refractivity contribution in [1.29, 1.82) is 0 Å². The Morgan fingerprint density at radius 2 is 2.14 bits per heavy atom. The van der Waals surface area contributed by atoms with Gasteiger partial charge >= 0.3 is 0 Å². The summed E-state index contributed by atoms with van der Waals surface area (Å²) in [6, 6.07) is 1.40. The number of ether oxygens (including phenoxy) is 1. The van der Waals surface area contributed by atoms with Crippen LogP contribution in [0.3, 0.4) is 0 Å². The highest BCUT2D eigenvalue weighted by molar-refractivity contribution is 9.10. The van der Waals surface area contributed by atoms with E-state index >= 15 is 0 Å². The summed E-state index contributed by atoms with van der Waals surface area (Å²) >= 11 is 3.20. The summed E-state index contributed by atoms with van der Waals surface area (Å²) in [5.41, 5.74) is 0. The van der Waals surface area contributed by atoms with E-state index in [-0.39, 0.29) is 15.6 Å². The largest absolute Gasteiger partial charge is 0.452 e. The smallest absolute Gasteiger partial charge is 0.247 e. The molecular formula is C13H23BrN2O4S. The summed E-state index contributed by atoms with van der Waals surface area (Å²) in [6.07, 6.45) is 0. The highest BCUT2D eigenvalue weighted by Gasteiger charge is 2.31. The second kappa shape index (κ2) is 8.28. The molecule has 0 saturated heterocycles. The third kappa shape index (κ3) is 4.79. The molecule has 1 aromatic heterocycles. The molecule has 0 radical (unpaired) electrons. The third-order valence-electron chi connectivity index (χ3n) is 2.93. The first-order valence-corrected chi connectivity index (χ1v) is 9.07. The second-order valence-electron chi connectivity index (χ2n) is 4.83. The predicted octanol–water partition coefficient (Wildman–Crippen LogP) is 2.20. The monoisotopic (exact) mass is 382 g/mol. The van der Waals surface area contributed by atoms with Gasteiger partial charge in [0.1, 0.15) is 10.7 Å². The van der Waals surface area contributed by atoms with Gasteiger partial charge in [-0.1, -0.05) is 6.92 Å². The van der Waals surface area contributed by atoms with Crippen LogP contribution in [0, 0.1) is 0 Å². The van der Waals surface area contributed by atoms with Crippen LogP contribution in [0.2, 0.25) is 0 Å². The molecule has 0 aromatic carbocycles. The van der Waals surface area contributed by atoms with E-state index in [1.807, 2.05) is 20.8 Å². The summed E-state index contributed by atoms with van der Waals surface area (Å²) in [4.78, 5) is 0.153. The Labute approximate surface area is 135 Å². The first-order valence-electron chi connectivity index (χ1n) is 6.84. The minimum atomic E-state index is -3.62. The molecule has 122 valence electrons. The molecule has 1 aromatic rings. The molecule has 0 bridgehead atoms. The first kappa shape index (κ1) is 18.6. The average Bonchev–Trinajstić information content (AvgIpc) is 2.78. The van der Waals surface area contributed by atoms with Gasteiger partial charge in [-0.3, -0.25) is 0 Å². The average molecular weight is 383 g/mol. The molecule has 0 fully saturated rings. The maximum atomic E-state index is 12.7. The highest BCUT2D eigenvalue weighted by Crippen LogP contribution is 2.29. The molecule has 1 N–H and O–H groups in total. The third-order valence-corrected chi connectivity index (χ3v) is 5.87. The van der Waals surface area contributed by atoms with E-state index in [1.165, 1.54) is 4.31 Å². The molecule has 0 amide bonds. The summed E-state index contributed by atoms with van der Waals surface area (Å²) < 4.78 is 37.6. The molecular weight excluding hydrogens is 360 g/mol. The van der Waals surface area contributed by atoms with Gasteiger partial charge in [0.2, 0.25) is 10.0 Å². The van der Waals surface area contributed by atoms with Gasteiger partial charge in [-0.15, -0.1) is 0 Å². The van der Waals surface area contributed by atoms with Crippen LogP contribution >= 0.6 is 15.9 Å². The zero-order chi connectivity index (χ0) is 16.0. The van der Waals surface area contributed by atoms with Gasteiger partial charge in [0.25, 0.3) is 0 Å². The number of nitrogens with zero attached hydrogens (tertiary/aromatic N) is 1. The van der Waals surface area contributed by atoms with E-state index in [2.05, 4.69) is 21.2 Å². The van der Waals surface area contributed by atoms with E-state index in [9.17, 15) is 8.42 Å². The molecule has 21 heavy (non-hydrogen) atoms. The number of hydrogen-bond acceptors (Lipinski definition) is 5. The van der Waals surface area contributed by atoms with Crippen molar-refractivity contribution in [3.05, 3.63) is 16.5 Å². The Morgan fingerprint density at radius 1 is 1.48 bits per heavy atom. The molecule has 0 unspecified atom stereocenters. The Kier molecular flexibility index (Phi) is 7.35.